The Kier molecular flexibility index (Phi) is 5.07. The maximum Gasteiger partial charge on any atom is 0.313 e. The fourth-order valence-electron chi connectivity index (χ4n) is 2.41. The largest absolute Gasteiger partial charge is 0.461 e. The van der Waals surface area contributed by atoms with Gasteiger partial charge in [-0.15, -0.1) is 0 Å². The zero-order valence-electron chi connectivity index (χ0n) is 11.8. The molecule has 3 nitrogen and oxygen atoms in total. The van der Waals surface area contributed by atoms with Crippen molar-refractivity contribution in [3.05, 3.63) is 41.4 Å². The van der Waals surface area contributed by atoms with Crippen LogP contribution >= 0.6 is 11.6 Å². The summed E-state index contributed by atoms with van der Waals surface area (Å²) in [4.78, 5) is 14.1. The van der Waals surface area contributed by atoms with Crippen molar-refractivity contribution in [2.45, 2.75) is 25.7 Å². The standard InChI is InChI=1S/C16H20ClNO2/c1-3-10-20-16(19)12(2)13-6-7-15(14(17)11-13)18-8-4-5-9-18/h3,6-7,11-12H,1,4-5,8-10H2,2H3. The monoisotopic (exact) mass is 293 g/mol. The van der Waals surface area contributed by atoms with Crippen LogP contribution in [0, 0.1) is 0 Å². The number of halogens is 1. The molecule has 1 heterocycles. The summed E-state index contributed by atoms with van der Waals surface area (Å²) in [5.41, 5.74) is 1.94. The van der Waals surface area contributed by atoms with Crippen LogP contribution in [0.25, 0.3) is 0 Å². The lowest BCUT2D eigenvalue weighted by atomic mass is 10.0. The highest BCUT2D eigenvalue weighted by Crippen LogP contribution is 2.31. The Morgan fingerprint density at radius 1 is 1.50 bits per heavy atom. The molecule has 0 radical (unpaired) electrons. The average Bonchev–Trinajstić information content (AvgIpc) is 2.97. The van der Waals surface area contributed by atoms with Crippen molar-refractivity contribution < 1.29 is 9.53 Å². The van der Waals surface area contributed by atoms with Crippen LogP contribution in [0.3, 0.4) is 0 Å². The van der Waals surface area contributed by atoms with Crippen molar-refractivity contribution in [3.63, 3.8) is 0 Å². The van der Waals surface area contributed by atoms with Crippen molar-refractivity contribution in [2.24, 2.45) is 0 Å². The smallest absolute Gasteiger partial charge is 0.313 e. The fraction of sp³-hybridized carbons (Fsp3) is 0.438. The van der Waals surface area contributed by atoms with E-state index in [4.69, 9.17) is 16.3 Å². The van der Waals surface area contributed by atoms with Crippen LogP contribution in [-0.2, 0) is 9.53 Å². The van der Waals surface area contributed by atoms with Gasteiger partial charge in [0.15, 0.2) is 0 Å². The normalized spacial score (nSPS) is 16.0. The molecule has 1 aromatic rings. The van der Waals surface area contributed by atoms with E-state index < -0.39 is 0 Å². The third-order valence-electron chi connectivity index (χ3n) is 3.62. The molecular weight excluding hydrogens is 274 g/mol. The van der Waals surface area contributed by atoms with Crippen molar-refractivity contribution in [1.29, 1.82) is 0 Å². The Balaban J connectivity index is 2.11. The lowest BCUT2D eigenvalue weighted by Crippen LogP contribution is -2.18. The first-order valence-corrected chi connectivity index (χ1v) is 7.33. The second-order valence-electron chi connectivity index (χ2n) is 5.05. The maximum absolute atomic E-state index is 11.8. The van der Waals surface area contributed by atoms with Crippen LogP contribution in [0.15, 0.2) is 30.9 Å². The maximum atomic E-state index is 11.8. The Labute approximate surface area is 125 Å². The number of nitrogens with zero attached hydrogens (tertiary/aromatic N) is 1. The van der Waals surface area contributed by atoms with Gasteiger partial charge in [-0.25, -0.2) is 0 Å². The molecule has 108 valence electrons. The third-order valence-corrected chi connectivity index (χ3v) is 3.92. The van der Waals surface area contributed by atoms with Crippen LogP contribution in [0.1, 0.15) is 31.2 Å². The van der Waals surface area contributed by atoms with Gasteiger partial charge in [0.25, 0.3) is 0 Å². The van der Waals surface area contributed by atoms with Gasteiger partial charge in [0.1, 0.15) is 6.61 Å². The number of rotatable bonds is 5. The summed E-state index contributed by atoms with van der Waals surface area (Å²) in [6.07, 6.45) is 3.98. The minimum absolute atomic E-state index is 0.239. The molecule has 1 unspecified atom stereocenters. The van der Waals surface area contributed by atoms with Crippen LogP contribution in [0.5, 0.6) is 0 Å². The van der Waals surface area contributed by atoms with Crippen molar-refractivity contribution in [3.8, 4) is 0 Å². The Morgan fingerprint density at radius 2 is 2.20 bits per heavy atom. The lowest BCUT2D eigenvalue weighted by molar-refractivity contribution is -0.143. The van der Waals surface area contributed by atoms with Crippen LogP contribution in [-0.4, -0.2) is 25.7 Å². The number of ether oxygens (including phenoxy) is 1. The predicted octanol–water partition coefficient (Wildman–Crippen LogP) is 3.77. The highest BCUT2D eigenvalue weighted by Gasteiger charge is 2.20. The molecule has 1 aliphatic heterocycles. The predicted molar refractivity (Wildman–Crippen MR) is 82.5 cm³/mol. The molecule has 1 fully saturated rings. The van der Waals surface area contributed by atoms with Gasteiger partial charge in [0.2, 0.25) is 0 Å². The molecule has 20 heavy (non-hydrogen) atoms. The highest BCUT2D eigenvalue weighted by molar-refractivity contribution is 6.33. The molecule has 0 bridgehead atoms. The number of hydrogen-bond donors (Lipinski definition) is 0. The molecule has 1 aliphatic rings. The fourth-order valence-corrected chi connectivity index (χ4v) is 2.72. The minimum Gasteiger partial charge on any atom is -0.461 e. The van der Waals surface area contributed by atoms with Gasteiger partial charge in [-0.1, -0.05) is 30.3 Å². The van der Waals surface area contributed by atoms with Crippen molar-refractivity contribution >= 4 is 23.3 Å². The van der Waals surface area contributed by atoms with Gasteiger partial charge < -0.3 is 9.64 Å². The lowest BCUT2D eigenvalue weighted by Gasteiger charge is -2.20. The highest BCUT2D eigenvalue weighted by atomic mass is 35.5. The van der Waals surface area contributed by atoms with E-state index in [1.54, 1.807) is 6.08 Å². The van der Waals surface area contributed by atoms with Gasteiger partial charge in [-0.05, 0) is 37.5 Å². The van der Waals surface area contributed by atoms with Gasteiger partial charge in [-0.3, -0.25) is 4.79 Å². The molecule has 1 saturated heterocycles. The molecule has 0 spiro atoms. The summed E-state index contributed by atoms with van der Waals surface area (Å²) in [5, 5.41) is 0.702. The molecular formula is C16H20ClNO2. The summed E-state index contributed by atoms with van der Waals surface area (Å²) in [6, 6.07) is 5.83. The van der Waals surface area contributed by atoms with E-state index in [1.807, 2.05) is 25.1 Å². The van der Waals surface area contributed by atoms with Crippen LogP contribution in [0.4, 0.5) is 5.69 Å². The van der Waals surface area contributed by atoms with E-state index >= 15 is 0 Å². The quantitative estimate of drug-likeness (QED) is 0.611. The zero-order valence-corrected chi connectivity index (χ0v) is 12.5. The molecule has 0 amide bonds. The summed E-state index contributed by atoms with van der Waals surface area (Å²) in [6.45, 7) is 7.70. The molecule has 1 atom stereocenters. The zero-order chi connectivity index (χ0) is 14.5. The second kappa shape index (κ2) is 6.80. The molecule has 2 rings (SSSR count). The summed E-state index contributed by atoms with van der Waals surface area (Å²) in [7, 11) is 0. The summed E-state index contributed by atoms with van der Waals surface area (Å²) < 4.78 is 5.07. The van der Waals surface area contributed by atoms with E-state index in [0.717, 1.165) is 24.3 Å². The molecule has 0 saturated carbocycles. The number of hydrogen-bond acceptors (Lipinski definition) is 3. The van der Waals surface area contributed by atoms with E-state index in [-0.39, 0.29) is 18.5 Å². The molecule has 1 aromatic carbocycles. The van der Waals surface area contributed by atoms with Gasteiger partial charge in [-0.2, -0.15) is 0 Å². The molecule has 0 aromatic heterocycles. The third kappa shape index (κ3) is 3.34. The molecule has 4 heteroatoms. The first kappa shape index (κ1) is 14.9. The number of carbonyl (C=O) groups is 1. The van der Waals surface area contributed by atoms with Crippen LogP contribution in [0.2, 0.25) is 5.02 Å². The number of benzene rings is 1. The number of anilines is 1. The average molecular weight is 294 g/mol. The van der Waals surface area contributed by atoms with Crippen molar-refractivity contribution in [1.82, 2.24) is 0 Å². The van der Waals surface area contributed by atoms with Gasteiger partial charge in [0, 0.05) is 13.1 Å². The van der Waals surface area contributed by atoms with Gasteiger partial charge >= 0.3 is 5.97 Å². The Morgan fingerprint density at radius 3 is 2.80 bits per heavy atom. The Hall–Kier alpha value is -1.48. The van der Waals surface area contributed by atoms with Gasteiger partial charge in [0.05, 0.1) is 16.6 Å². The summed E-state index contributed by atoms with van der Waals surface area (Å²) >= 11 is 6.35. The number of carbonyl (C=O) groups excluding carboxylic acids is 1. The molecule has 0 N–H and O–H groups in total. The number of esters is 1. The minimum atomic E-state index is -0.319. The van der Waals surface area contributed by atoms with E-state index in [0.29, 0.717) is 5.02 Å². The van der Waals surface area contributed by atoms with E-state index in [9.17, 15) is 4.79 Å². The first-order valence-electron chi connectivity index (χ1n) is 6.95. The first-order chi connectivity index (χ1) is 9.63. The second-order valence-corrected chi connectivity index (χ2v) is 5.45. The van der Waals surface area contributed by atoms with E-state index in [2.05, 4.69) is 11.5 Å². The van der Waals surface area contributed by atoms with Crippen LogP contribution < -0.4 is 4.90 Å². The Bertz CT molecular complexity index is 495. The molecule has 0 aliphatic carbocycles. The topological polar surface area (TPSA) is 29.5 Å². The van der Waals surface area contributed by atoms with Crippen molar-refractivity contribution in [2.75, 3.05) is 24.6 Å². The van der Waals surface area contributed by atoms with E-state index in [1.165, 1.54) is 12.8 Å². The SMILES string of the molecule is C=CCOC(=O)C(C)c1ccc(N2CCCC2)c(Cl)c1. The summed E-state index contributed by atoms with van der Waals surface area (Å²) in [5.74, 6) is -0.574.